The summed E-state index contributed by atoms with van der Waals surface area (Å²) in [6.45, 7) is 1.65. The Bertz CT molecular complexity index is 703. The number of amides is 1. The van der Waals surface area contributed by atoms with Gasteiger partial charge in [-0.25, -0.2) is 4.39 Å². The van der Waals surface area contributed by atoms with Crippen LogP contribution in [0.15, 0.2) is 28.8 Å². The summed E-state index contributed by atoms with van der Waals surface area (Å²) in [6.07, 6.45) is 2.20. The van der Waals surface area contributed by atoms with E-state index in [9.17, 15) is 9.18 Å². The maximum Gasteiger partial charge on any atom is 0.224 e. The smallest absolute Gasteiger partial charge is 0.224 e. The second-order valence-corrected chi connectivity index (χ2v) is 5.90. The molecule has 0 saturated heterocycles. The lowest BCUT2D eigenvalue weighted by atomic mass is 10.0. The molecule has 1 aliphatic carbocycles. The average Bonchev–Trinajstić information content (AvgIpc) is 3.14. The Labute approximate surface area is 133 Å². The quantitative estimate of drug-likeness (QED) is 0.897. The van der Waals surface area contributed by atoms with Gasteiger partial charge in [0, 0.05) is 24.4 Å². The van der Waals surface area contributed by atoms with Crippen LogP contribution < -0.4 is 11.1 Å². The van der Waals surface area contributed by atoms with Crippen molar-refractivity contribution in [1.29, 1.82) is 0 Å². The van der Waals surface area contributed by atoms with E-state index in [1.807, 2.05) is 0 Å². The SMILES string of the molecule is Cc1nc(C(NC(=O)C2CCC(N)C2)c2ccccc2F)no1. The highest BCUT2D eigenvalue weighted by molar-refractivity contribution is 5.79. The summed E-state index contributed by atoms with van der Waals surface area (Å²) in [5.41, 5.74) is 6.17. The van der Waals surface area contributed by atoms with E-state index in [0.717, 1.165) is 12.8 Å². The molecular weight excluding hydrogens is 299 g/mol. The summed E-state index contributed by atoms with van der Waals surface area (Å²) in [6, 6.07) is 5.51. The molecule has 7 heteroatoms. The lowest BCUT2D eigenvalue weighted by Gasteiger charge is -2.19. The summed E-state index contributed by atoms with van der Waals surface area (Å²) in [4.78, 5) is 16.6. The highest BCUT2D eigenvalue weighted by Gasteiger charge is 2.31. The third kappa shape index (κ3) is 3.39. The van der Waals surface area contributed by atoms with Gasteiger partial charge in [-0.15, -0.1) is 0 Å². The van der Waals surface area contributed by atoms with Crippen molar-refractivity contribution in [1.82, 2.24) is 15.5 Å². The molecule has 0 radical (unpaired) electrons. The lowest BCUT2D eigenvalue weighted by molar-refractivity contribution is -0.125. The molecule has 0 bridgehead atoms. The molecule has 1 saturated carbocycles. The Balaban J connectivity index is 1.87. The minimum absolute atomic E-state index is 0.0464. The summed E-state index contributed by atoms with van der Waals surface area (Å²) in [7, 11) is 0. The van der Waals surface area contributed by atoms with Crippen LogP contribution in [0.2, 0.25) is 0 Å². The van der Waals surface area contributed by atoms with Gasteiger partial charge in [0.25, 0.3) is 0 Å². The van der Waals surface area contributed by atoms with E-state index in [0.29, 0.717) is 17.9 Å². The van der Waals surface area contributed by atoms with Crippen molar-refractivity contribution < 1.29 is 13.7 Å². The number of benzene rings is 1. The molecule has 1 aliphatic rings. The van der Waals surface area contributed by atoms with Gasteiger partial charge < -0.3 is 15.6 Å². The number of rotatable bonds is 4. The number of nitrogens with one attached hydrogen (secondary N) is 1. The maximum absolute atomic E-state index is 14.2. The van der Waals surface area contributed by atoms with Gasteiger partial charge in [0.1, 0.15) is 11.9 Å². The molecule has 3 unspecified atom stereocenters. The predicted octanol–water partition coefficient (Wildman–Crippen LogP) is 1.85. The number of carbonyl (C=O) groups is 1. The Morgan fingerprint density at radius 2 is 2.22 bits per heavy atom. The van der Waals surface area contributed by atoms with E-state index in [4.69, 9.17) is 10.3 Å². The predicted molar refractivity (Wildman–Crippen MR) is 80.7 cm³/mol. The summed E-state index contributed by atoms with van der Waals surface area (Å²) in [5.74, 6) is -0.147. The summed E-state index contributed by atoms with van der Waals surface area (Å²) >= 11 is 0. The number of halogens is 1. The van der Waals surface area contributed by atoms with Crippen LogP contribution in [-0.4, -0.2) is 22.1 Å². The molecule has 1 amide bonds. The largest absolute Gasteiger partial charge is 0.342 e. The van der Waals surface area contributed by atoms with E-state index >= 15 is 0 Å². The van der Waals surface area contributed by atoms with Gasteiger partial charge in [-0.1, -0.05) is 23.4 Å². The van der Waals surface area contributed by atoms with Crippen molar-refractivity contribution in [3.63, 3.8) is 0 Å². The third-order valence-electron chi connectivity index (χ3n) is 4.15. The first kappa shape index (κ1) is 15.6. The topological polar surface area (TPSA) is 94.0 Å². The van der Waals surface area contributed by atoms with Crippen LogP contribution in [0, 0.1) is 18.7 Å². The van der Waals surface area contributed by atoms with Crippen LogP contribution in [-0.2, 0) is 4.79 Å². The summed E-state index contributed by atoms with van der Waals surface area (Å²) in [5, 5.41) is 6.68. The molecule has 0 aliphatic heterocycles. The Morgan fingerprint density at radius 3 is 2.83 bits per heavy atom. The number of aryl methyl sites for hydroxylation is 1. The lowest BCUT2D eigenvalue weighted by Crippen LogP contribution is -2.35. The van der Waals surface area contributed by atoms with Crippen LogP contribution in [0.5, 0.6) is 0 Å². The molecule has 1 fully saturated rings. The maximum atomic E-state index is 14.2. The minimum Gasteiger partial charge on any atom is -0.342 e. The standard InChI is InChI=1S/C16H19FN4O2/c1-9-19-15(21-23-9)14(12-4-2-3-5-13(12)17)20-16(22)10-6-7-11(18)8-10/h2-5,10-11,14H,6-8,18H2,1H3,(H,20,22). The first-order chi connectivity index (χ1) is 11.0. The Hall–Kier alpha value is -2.28. The van der Waals surface area contributed by atoms with Gasteiger partial charge in [0.15, 0.2) is 5.82 Å². The van der Waals surface area contributed by atoms with E-state index in [1.165, 1.54) is 6.07 Å². The molecule has 3 rings (SSSR count). The normalized spacial score (nSPS) is 22.0. The Kier molecular flexibility index (Phi) is 4.38. The van der Waals surface area contributed by atoms with Crippen LogP contribution in [0.4, 0.5) is 4.39 Å². The monoisotopic (exact) mass is 318 g/mol. The van der Waals surface area contributed by atoms with Gasteiger partial charge in [-0.05, 0) is 25.3 Å². The van der Waals surface area contributed by atoms with Gasteiger partial charge in [-0.2, -0.15) is 4.98 Å². The van der Waals surface area contributed by atoms with Gasteiger partial charge in [0.05, 0.1) is 0 Å². The van der Waals surface area contributed by atoms with Crippen molar-refractivity contribution in [3.8, 4) is 0 Å². The van der Waals surface area contributed by atoms with Crippen molar-refractivity contribution in [2.24, 2.45) is 11.7 Å². The molecule has 1 aromatic carbocycles. The number of carbonyl (C=O) groups excluding carboxylic acids is 1. The highest BCUT2D eigenvalue weighted by atomic mass is 19.1. The highest BCUT2D eigenvalue weighted by Crippen LogP contribution is 2.27. The first-order valence-corrected chi connectivity index (χ1v) is 7.65. The fraction of sp³-hybridized carbons (Fsp3) is 0.438. The molecule has 3 N–H and O–H groups in total. The van der Waals surface area contributed by atoms with Crippen LogP contribution >= 0.6 is 0 Å². The molecule has 23 heavy (non-hydrogen) atoms. The molecule has 3 atom stereocenters. The van der Waals surface area contributed by atoms with Crippen molar-refractivity contribution in [2.45, 2.75) is 38.3 Å². The molecular formula is C16H19FN4O2. The summed E-state index contributed by atoms with van der Waals surface area (Å²) < 4.78 is 19.1. The number of aromatic nitrogens is 2. The number of hydrogen-bond acceptors (Lipinski definition) is 5. The van der Waals surface area contributed by atoms with Gasteiger partial charge >= 0.3 is 0 Å². The van der Waals surface area contributed by atoms with Crippen molar-refractivity contribution in [3.05, 3.63) is 47.4 Å². The van der Waals surface area contributed by atoms with E-state index in [-0.39, 0.29) is 23.7 Å². The Morgan fingerprint density at radius 1 is 1.43 bits per heavy atom. The molecule has 6 nitrogen and oxygen atoms in total. The van der Waals surface area contributed by atoms with E-state index in [1.54, 1.807) is 25.1 Å². The van der Waals surface area contributed by atoms with E-state index in [2.05, 4.69) is 15.5 Å². The second kappa shape index (κ2) is 6.45. The molecule has 1 aromatic heterocycles. The second-order valence-electron chi connectivity index (χ2n) is 5.90. The third-order valence-corrected chi connectivity index (χ3v) is 4.15. The number of nitrogens with two attached hydrogens (primary N) is 1. The van der Waals surface area contributed by atoms with Crippen LogP contribution in [0.1, 0.15) is 42.6 Å². The fourth-order valence-corrected chi connectivity index (χ4v) is 2.94. The first-order valence-electron chi connectivity index (χ1n) is 7.65. The number of nitrogens with zero attached hydrogens (tertiary/aromatic N) is 2. The van der Waals surface area contributed by atoms with Crippen LogP contribution in [0.25, 0.3) is 0 Å². The zero-order valence-corrected chi connectivity index (χ0v) is 12.8. The molecule has 122 valence electrons. The molecule has 0 spiro atoms. The minimum atomic E-state index is -0.780. The van der Waals surface area contributed by atoms with Crippen molar-refractivity contribution >= 4 is 5.91 Å². The fourth-order valence-electron chi connectivity index (χ4n) is 2.94. The average molecular weight is 318 g/mol. The van der Waals surface area contributed by atoms with Crippen molar-refractivity contribution in [2.75, 3.05) is 0 Å². The zero-order chi connectivity index (χ0) is 16.4. The van der Waals surface area contributed by atoms with Crippen LogP contribution in [0.3, 0.4) is 0 Å². The van der Waals surface area contributed by atoms with Gasteiger partial charge in [0.2, 0.25) is 11.8 Å². The zero-order valence-electron chi connectivity index (χ0n) is 12.8. The van der Waals surface area contributed by atoms with Gasteiger partial charge in [-0.3, -0.25) is 4.79 Å². The number of hydrogen-bond donors (Lipinski definition) is 2. The molecule has 2 aromatic rings. The van der Waals surface area contributed by atoms with E-state index < -0.39 is 11.9 Å². The molecule has 1 heterocycles.